The van der Waals surface area contributed by atoms with Crippen LogP contribution in [0.4, 0.5) is 11.4 Å². The number of hydrogen-bond acceptors (Lipinski definition) is 6. The van der Waals surface area contributed by atoms with Crippen molar-refractivity contribution in [2.45, 2.75) is 31.7 Å². The van der Waals surface area contributed by atoms with Gasteiger partial charge in [0.1, 0.15) is 0 Å². The van der Waals surface area contributed by atoms with Crippen molar-refractivity contribution in [3.05, 3.63) is 62.7 Å². The van der Waals surface area contributed by atoms with Crippen molar-refractivity contribution < 1.29 is 18.1 Å². The lowest BCUT2D eigenvalue weighted by Gasteiger charge is -2.37. The number of benzene rings is 2. The Labute approximate surface area is 192 Å². The SMILES string of the molecule is Cc1ccc(C)c(S(=O)(=O)N2CCN([C@H](C)C(=O)Nc3cc([N+](=O)[O-])ccc3Cl)CC2)c1. The number of sulfonamides is 1. The van der Waals surface area contributed by atoms with E-state index in [-0.39, 0.29) is 35.4 Å². The van der Waals surface area contributed by atoms with E-state index in [0.29, 0.717) is 23.5 Å². The van der Waals surface area contributed by atoms with Gasteiger partial charge >= 0.3 is 0 Å². The molecule has 11 heteroatoms. The van der Waals surface area contributed by atoms with Gasteiger partial charge in [0.15, 0.2) is 0 Å². The van der Waals surface area contributed by atoms with Crippen molar-refractivity contribution in [2.75, 3.05) is 31.5 Å². The van der Waals surface area contributed by atoms with Gasteiger partial charge in [-0.05, 0) is 44.0 Å². The minimum absolute atomic E-state index is 0.161. The van der Waals surface area contributed by atoms with E-state index in [9.17, 15) is 23.3 Å². The Morgan fingerprint density at radius 3 is 2.41 bits per heavy atom. The van der Waals surface area contributed by atoms with Gasteiger partial charge in [-0.15, -0.1) is 0 Å². The number of aryl methyl sites for hydroxylation is 2. The topological polar surface area (TPSA) is 113 Å². The van der Waals surface area contributed by atoms with Crippen LogP contribution in [0.25, 0.3) is 0 Å². The van der Waals surface area contributed by atoms with E-state index in [0.717, 1.165) is 5.56 Å². The van der Waals surface area contributed by atoms with E-state index in [1.807, 2.05) is 17.9 Å². The number of hydrogen-bond donors (Lipinski definition) is 1. The van der Waals surface area contributed by atoms with Crippen LogP contribution in [0.3, 0.4) is 0 Å². The number of nitro groups is 1. The zero-order valence-corrected chi connectivity index (χ0v) is 19.6. The number of halogens is 1. The average Bonchev–Trinajstić information content (AvgIpc) is 2.76. The molecule has 0 saturated carbocycles. The van der Waals surface area contributed by atoms with Crippen LogP contribution in [-0.2, 0) is 14.8 Å². The molecular formula is C21H25ClN4O5S. The van der Waals surface area contributed by atoms with Crippen molar-refractivity contribution in [2.24, 2.45) is 0 Å². The summed E-state index contributed by atoms with van der Waals surface area (Å²) in [6.45, 7) is 6.59. The molecule has 2 aromatic carbocycles. The summed E-state index contributed by atoms with van der Waals surface area (Å²) in [5.74, 6) is -0.377. The number of nitro benzene ring substituents is 1. The third-order valence-corrected chi connectivity index (χ3v) is 7.95. The zero-order valence-electron chi connectivity index (χ0n) is 18.0. The first kappa shape index (κ1) is 24.1. The highest BCUT2D eigenvalue weighted by molar-refractivity contribution is 7.89. The summed E-state index contributed by atoms with van der Waals surface area (Å²) in [6, 6.07) is 8.60. The monoisotopic (exact) mass is 480 g/mol. The molecule has 0 aromatic heterocycles. The van der Waals surface area contributed by atoms with Crippen LogP contribution in [0.5, 0.6) is 0 Å². The Morgan fingerprint density at radius 1 is 1.12 bits per heavy atom. The summed E-state index contributed by atoms with van der Waals surface area (Å²) in [4.78, 5) is 25.3. The molecule has 32 heavy (non-hydrogen) atoms. The smallest absolute Gasteiger partial charge is 0.271 e. The molecule has 1 heterocycles. The Hall–Kier alpha value is -2.53. The van der Waals surface area contributed by atoms with Crippen molar-refractivity contribution >= 4 is 38.9 Å². The number of carbonyl (C=O) groups is 1. The standard InChI is InChI=1S/C21H25ClN4O5S/c1-14-4-5-15(2)20(12-14)32(30,31)25-10-8-24(9-11-25)16(3)21(27)23-19-13-17(26(28)29)6-7-18(19)22/h4-7,12-13,16H,8-11H2,1-3H3,(H,23,27)/t16-/m1/s1. The van der Waals surface area contributed by atoms with E-state index < -0.39 is 21.0 Å². The minimum Gasteiger partial charge on any atom is -0.323 e. The number of piperazine rings is 1. The number of carbonyl (C=O) groups excluding carboxylic acids is 1. The largest absolute Gasteiger partial charge is 0.323 e. The number of non-ortho nitro benzene ring substituents is 1. The average molecular weight is 481 g/mol. The fourth-order valence-electron chi connectivity index (χ4n) is 3.58. The number of anilines is 1. The number of nitrogens with one attached hydrogen (secondary N) is 1. The van der Waals surface area contributed by atoms with Crippen LogP contribution in [0, 0.1) is 24.0 Å². The summed E-state index contributed by atoms with van der Waals surface area (Å²) < 4.78 is 27.6. The van der Waals surface area contributed by atoms with Gasteiger partial charge in [-0.3, -0.25) is 19.8 Å². The Balaban J connectivity index is 1.66. The van der Waals surface area contributed by atoms with Crippen LogP contribution in [0.2, 0.25) is 5.02 Å². The van der Waals surface area contributed by atoms with Gasteiger partial charge in [0.25, 0.3) is 5.69 Å². The molecule has 9 nitrogen and oxygen atoms in total. The Morgan fingerprint density at radius 2 is 1.78 bits per heavy atom. The van der Waals surface area contributed by atoms with E-state index in [2.05, 4.69) is 5.32 Å². The van der Waals surface area contributed by atoms with Gasteiger partial charge in [0, 0.05) is 38.3 Å². The van der Waals surface area contributed by atoms with Gasteiger partial charge in [-0.25, -0.2) is 8.42 Å². The number of amides is 1. The quantitative estimate of drug-likeness (QED) is 0.501. The maximum atomic E-state index is 13.1. The van der Waals surface area contributed by atoms with Gasteiger partial charge < -0.3 is 5.32 Å². The molecule has 0 spiro atoms. The van der Waals surface area contributed by atoms with E-state index in [1.54, 1.807) is 26.0 Å². The summed E-state index contributed by atoms with van der Waals surface area (Å²) >= 11 is 6.06. The lowest BCUT2D eigenvalue weighted by atomic mass is 10.2. The molecular weight excluding hydrogens is 456 g/mol. The second-order valence-corrected chi connectivity index (χ2v) is 10.1. The van der Waals surface area contributed by atoms with Gasteiger partial charge in [0.05, 0.1) is 26.6 Å². The first-order valence-electron chi connectivity index (χ1n) is 10.1. The van der Waals surface area contributed by atoms with E-state index >= 15 is 0 Å². The van der Waals surface area contributed by atoms with Crippen molar-refractivity contribution in [1.82, 2.24) is 9.21 Å². The van der Waals surface area contributed by atoms with Crippen molar-refractivity contribution in [3.8, 4) is 0 Å². The highest BCUT2D eigenvalue weighted by atomic mass is 35.5. The molecule has 1 saturated heterocycles. The van der Waals surface area contributed by atoms with E-state index in [1.165, 1.54) is 22.5 Å². The Bertz CT molecular complexity index is 1150. The van der Waals surface area contributed by atoms with Crippen LogP contribution < -0.4 is 5.32 Å². The van der Waals surface area contributed by atoms with Crippen LogP contribution >= 0.6 is 11.6 Å². The van der Waals surface area contributed by atoms with Crippen molar-refractivity contribution in [1.29, 1.82) is 0 Å². The molecule has 0 aliphatic carbocycles. The summed E-state index contributed by atoms with van der Waals surface area (Å²) in [5, 5.41) is 13.8. The molecule has 0 bridgehead atoms. The molecule has 1 aliphatic heterocycles. The summed E-state index contributed by atoms with van der Waals surface area (Å²) in [6.07, 6.45) is 0. The molecule has 1 N–H and O–H groups in total. The first-order valence-corrected chi connectivity index (χ1v) is 11.9. The second kappa shape index (κ2) is 9.53. The molecule has 1 fully saturated rings. The number of rotatable bonds is 6. The Kier molecular flexibility index (Phi) is 7.19. The summed E-state index contributed by atoms with van der Waals surface area (Å²) in [7, 11) is -3.63. The van der Waals surface area contributed by atoms with Crippen LogP contribution in [0.15, 0.2) is 41.3 Å². The third-order valence-electron chi connectivity index (χ3n) is 5.58. The number of nitrogens with zero attached hydrogens (tertiary/aromatic N) is 3. The highest BCUT2D eigenvalue weighted by Gasteiger charge is 2.32. The lowest BCUT2D eigenvalue weighted by molar-refractivity contribution is -0.384. The maximum Gasteiger partial charge on any atom is 0.271 e. The molecule has 0 radical (unpaired) electrons. The summed E-state index contributed by atoms with van der Waals surface area (Å²) in [5.41, 5.74) is 1.55. The zero-order chi connectivity index (χ0) is 23.6. The predicted molar refractivity (Wildman–Crippen MR) is 122 cm³/mol. The van der Waals surface area contributed by atoms with Crippen LogP contribution in [0.1, 0.15) is 18.1 Å². The highest BCUT2D eigenvalue weighted by Crippen LogP contribution is 2.27. The maximum absolute atomic E-state index is 13.1. The molecule has 1 amide bonds. The molecule has 0 unspecified atom stereocenters. The fraction of sp³-hybridized carbons (Fsp3) is 0.381. The van der Waals surface area contributed by atoms with Crippen molar-refractivity contribution in [3.63, 3.8) is 0 Å². The molecule has 1 atom stereocenters. The van der Waals surface area contributed by atoms with Gasteiger partial charge in [0.2, 0.25) is 15.9 Å². The normalized spacial score (nSPS) is 16.5. The molecule has 1 aliphatic rings. The minimum atomic E-state index is -3.63. The fourth-order valence-corrected chi connectivity index (χ4v) is 5.48. The molecule has 3 rings (SSSR count). The molecule has 172 valence electrons. The lowest BCUT2D eigenvalue weighted by Crippen LogP contribution is -2.54. The second-order valence-electron chi connectivity index (χ2n) is 7.80. The third kappa shape index (κ3) is 5.09. The predicted octanol–water partition coefficient (Wildman–Crippen LogP) is 3.20. The van der Waals surface area contributed by atoms with E-state index in [4.69, 9.17) is 11.6 Å². The van der Waals surface area contributed by atoms with Crippen LogP contribution in [-0.4, -0.2) is 60.7 Å². The van der Waals surface area contributed by atoms with Gasteiger partial charge in [-0.1, -0.05) is 23.7 Å². The van der Waals surface area contributed by atoms with Gasteiger partial charge in [-0.2, -0.15) is 4.31 Å². The first-order chi connectivity index (χ1) is 15.0. The molecule has 2 aromatic rings.